The van der Waals surface area contributed by atoms with Crippen LogP contribution in [-0.4, -0.2) is 12.5 Å². The second kappa shape index (κ2) is 5.38. The lowest BCUT2D eigenvalue weighted by atomic mass is 10.0. The fourth-order valence-electron chi connectivity index (χ4n) is 2.38. The molecule has 1 fully saturated rings. The van der Waals surface area contributed by atoms with Crippen LogP contribution in [0.5, 0.6) is 0 Å². The summed E-state index contributed by atoms with van der Waals surface area (Å²) in [7, 11) is 0. The van der Waals surface area contributed by atoms with Crippen molar-refractivity contribution in [2.24, 2.45) is 11.1 Å². The summed E-state index contributed by atoms with van der Waals surface area (Å²) in [4.78, 5) is 13.6. The molecule has 104 valence electrons. The van der Waals surface area contributed by atoms with Gasteiger partial charge in [-0.25, -0.2) is 0 Å². The molecule has 3 rings (SSSR count). The molecule has 0 spiro atoms. The number of rotatable bonds is 5. The van der Waals surface area contributed by atoms with E-state index in [0.717, 1.165) is 23.3 Å². The van der Waals surface area contributed by atoms with Crippen LogP contribution in [0, 0.1) is 5.41 Å². The Morgan fingerprint density at radius 1 is 1.25 bits per heavy atom. The van der Waals surface area contributed by atoms with Crippen molar-refractivity contribution in [1.29, 1.82) is 0 Å². The van der Waals surface area contributed by atoms with E-state index in [2.05, 4.69) is 11.4 Å². The predicted molar refractivity (Wildman–Crippen MR) is 81.5 cm³/mol. The Morgan fingerprint density at radius 3 is 2.55 bits per heavy atom. The van der Waals surface area contributed by atoms with Crippen molar-refractivity contribution in [3.05, 3.63) is 58.3 Å². The highest BCUT2D eigenvalue weighted by molar-refractivity contribution is 7.10. The Bertz CT molecular complexity index is 576. The molecular weight excluding hydrogens is 268 g/mol. The van der Waals surface area contributed by atoms with Gasteiger partial charge in [0.05, 0.1) is 11.5 Å². The van der Waals surface area contributed by atoms with Crippen molar-refractivity contribution in [1.82, 2.24) is 5.32 Å². The second-order valence-corrected chi connectivity index (χ2v) is 6.30. The van der Waals surface area contributed by atoms with E-state index < -0.39 is 0 Å². The lowest BCUT2D eigenvalue weighted by Gasteiger charge is -2.21. The average Bonchev–Trinajstić information content (AvgIpc) is 3.12. The summed E-state index contributed by atoms with van der Waals surface area (Å²) in [5.41, 5.74) is 6.54. The Labute approximate surface area is 122 Å². The van der Waals surface area contributed by atoms with Gasteiger partial charge in [-0.1, -0.05) is 36.4 Å². The summed E-state index contributed by atoms with van der Waals surface area (Å²) in [5, 5.41) is 5.22. The number of nitrogens with two attached hydrogens (primary N) is 1. The zero-order valence-corrected chi connectivity index (χ0v) is 12.0. The smallest absolute Gasteiger partial charge is 0.228 e. The van der Waals surface area contributed by atoms with Gasteiger partial charge < -0.3 is 11.1 Å². The highest BCUT2D eigenvalue weighted by atomic mass is 32.1. The standard InChI is InChI=1S/C16H18N2OS/c17-11-16(8-9-16)15(19)18-14(13-7-4-10-20-13)12-5-2-1-3-6-12/h1-7,10,14H,8-9,11,17H2,(H,18,19). The number of thiophene rings is 1. The van der Waals surface area contributed by atoms with E-state index >= 15 is 0 Å². The molecule has 1 aromatic heterocycles. The minimum absolute atomic E-state index is 0.0762. The second-order valence-electron chi connectivity index (χ2n) is 5.32. The predicted octanol–water partition coefficient (Wildman–Crippen LogP) is 2.69. The number of hydrogen-bond donors (Lipinski definition) is 2. The van der Waals surface area contributed by atoms with Crippen molar-refractivity contribution in [2.45, 2.75) is 18.9 Å². The molecule has 0 aliphatic heterocycles. The number of amides is 1. The summed E-state index contributed by atoms with van der Waals surface area (Å²) in [6.07, 6.45) is 1.81. The summed E-state index contributed by atoms with van der Waals surface area (Å²) in [5.74, 6) is 0.0854. The summed E-state index contributed by atoms with van der Waals surface area (Å²) in [6.45, 7) is 0.435. The van der Waals surface area contributed by atoms with E-state index in [9.17, 15) is 4.79 Å². The van der Waals surface area contributed by atoms with Gasteiger partial charge in [0.25, 0.3) is 0 Å². The Balaban J connectivity index is 1.86. The molecule has 1 aliphatic carbocycles. The molecule has 1 unspecified atom stereocenters. The highest BCUT2D eigenvalue weighted by Crippen LogP contribution is 2.45. The minimum Gasteiger partial charge on any atom is -0.344 e. The number of carbonyl (C=O) groups is 1. The van der Waals surface area contributed by atoms with Crippen molar-refractivity contribution >= 4 is 17.2 Å². The van der Waals surface area contributed by atoms with Gasteiger partial charge in [0.2, 0.25) is 5.91 Å². The maximum Gasteiger partial charge on any atom is 0.228 e. The van der Waals surface area contributed by atoms with E-state index in [1.807, 2.05) is 41.8 Å². The van der Waals surface area contributed by atoms with Crippen LogP contribution < -0.4 is 11.1 Å². The molecule has 3 N–H and O–H groups in total. The van der Waals surface area contributed by atoms with Gasteiger partial charge in [-0.2, -0.15) is 0 Å². The van der Waals surface area contributed by atoms with Crippen molar-refractivity contribution in [2.75, 3.05) is 6.54 Å². The third-order valence-electron chi connectivity index (χ3n) is 3.96. The quantitative estimate of drug-likeness (QED) is 0.888. The molecule has 1 saturated carbocycles. The van der Waals surface area contributed by atoms with Crippen LogP contribution in [0.4, 0.5) is 0 Å². The first-order valence-electron chi connectivity index (χ1n) is 6.84. The zero-order valence-electron chi connectivity index (χ0n) is 11.2. The molecule has 0 radical (unpaired) electrons. The highest BCUT2D eigenvalue weighted by Gasteiger charge is 2.49. The molecule has 1 heterocycles. The SMILES string of the molecule is NCC1(C(=O)NC(c2ccccc2)c2cccs2)CC1. The first-order valence-corrected chi connectivity index (χ1v) is 7.72. The number of hydrogen-bond acceptors (Lipinski definition) is 3. The fraction of sp³-hybridized carbons (Fsp3) is 0.312. The molecule has 2 aromatic rings. The van der Waals surface area contributed by atoms with Crippen LogP contribution in [0.15, 0.2) is 47.8 Å². The normalized spacial score (nSPS) is 17.4. The van der Waals surface area contributed by atoms with Gasteiger partial charge in [0.1, 0.15) is 0 Å². The molecule has 20 heavy (non-hydrogen) atoms. The molecule has 1 atom stereocenters. The Hall–Kier alpha value is -1.65. The lowest BCUT2D eigenvalue weighted by molar-refractivity contribution is -0.126. The van der Waals surface area contributed by atoms with Gasteiger partial charge in [0, 0.05) is 11.4 Å². The third kappa shape index (κ3) is 2.49. The van der Waals surface area contributed by atoms with Crippen LogP contribution in [0.1, 0.15) is 29.3 Å². The van der Waals surface area contributed by atoms with Crippen LogP contribution >= 0.6 is 11.3 Å². The van der Waals surface area contributed by atoms with Crippen LogP contribution in [0.3, 0.4) is 0 Å². The molecule has 1 amide bonds. The fourth-order valence-corrected chi connectivity index (χ4v) is 3.18. The summed E-state index contributed by atoms with van der Waals surface area (Å²) in [6, 6.07) is 14.1. The van der Waals surface area contributed by atoms with Crippen molar-refractivity contribution in [3.8, 4) is 0 Å². The van der Waals surface area contributed by atoms with Gasteiger partial charge in [0.15, 0.2) is 0 Å². The van der Waals surface area contributed by atoms with Gasteiger partial charge in [-0.15, -0.1) is 11.3 Å². The summed E-state index contributed by atoms with van der Waals surface area (Å²) >= 11 is 1.66. The van der Waals surface area contributed by atoms with Crippen LogP contribution in [0.25, 0.3) is 0 Å². The van der Waals surface area contributed by atoms with Crippen LogP contribution in [-0.2, 0) is 4.79 Å². The molecule has 3 nitrogen and oxygen atoms in total. The van der Waals surface area contributed by atoms with E-state index in [0.29, 0.717) is 6.54 Å². The molecule has 0 saturated heterocycles. The number of nitrogens with one attached hydrogen (secondary N) is 1. The van der Waals surface area contributed by atoms with Crippen molar-refractivity contribution < 1.29 is 4.79 Å². The van der Waals surface area contributed by atoms with E-state index in [4.69, 9.17) is 5.73 Å². The van der Waals surface area contributed by atoms with Crippen molar-refractivity contribution in [3.63, 3.8) is 0 Å². The third-order valence-corrected chi connectivity index (χ3v) is 4.90. The molecular formula is C16H18N2OS. The van der Waals surface area contributed by atoms with Gasteiger partial charge in [-0.05, 0) is 29.9 Å². The largest absolute Gasteiger partial charge is 0.344 e. The first-order chi connectivity index (χ1) is 9.75. The Morgan fingerprint density at radius 2 is 2.00 bits per heavy atom. The topological polar surface area (TPSA) is 55.1 Å². The lowest BCUT2D eigenvalue weighted by Crippen LogP contribution is -2.38. The van der Waals surface area contributed by atoms with Gasteiger partial charge in [-0.3, -0.25) is 4.79 Å². The summed E-state index contributed by atoms with van der Waals surface area (Å²) < 4.78 is 0. The van der Waals surface area contributed by atoms with E-state index in [1.54, 1.807) is 11.3 Å². The first kappa shape index (κ1) is 13.3. The van der Waals surface area contributed by atoms with Crippen LogP contribution in [0.2, 0.25) is 0 Å². The zero-order chi connectivity index (χ0) is 14.0. The maximum atomic E-state index is 12.5. The molecule has 1 aromatic carbocycles. The average molecular weight is 286 g/mol. The Kier molecular flexibility index (Phi) is 3.59. The number of carbonyl (C=O) groups excluding carboxylic acids is 1. The monoisotopic (exact) mass is 286 g/mol. The minimum atomic E-state index is -0.315. The van der Waals surface area contributed by atoms with E-state index in [1.165, 1.54) is 0 Å². The molecule has 1 aliphatic rings. The van der Waals surface area contributed by atoms with E-state index in [-0.39, 0.29) is 17.4 Å². The maximum absolute atomic E-state index is 12.5. The van der Waals surface area contributed by atoms with Gasteiger partial charge >= 0.3 is 0 Å². The molecule has 4 heteroatoms. The number of benzene rings is 1. The molecule has 0 bridgehead atoms.